The summed E-state index contributed by atoms with van der Waals surface area (Å²) in [5.74, 6) is -0.439. The number of rotatable bonds is 3. The molecule has 2 N–H and O–H groups in total. The third kappa shape index (κ3) is 3.10. The van der Waals surface area contributed by atoms with Crippen molar-refractivity contribution < 1.29 is 9.72 Å². The monoisotopic (exact) mass is 315 g/mol. The molecule has 18 heavy (non-hydrogen) atoms. The summed E-state index contributed by atoms with van der Waals surface area (Å²) in [6.07, 6.45) is 3.94. The standard InChI is InChI=1S/C11H14BrN3O3/c12-7-1-3-8(4-2-7)13-11(16)9-5-6-10(14-9)15(17)18/h5-8,14H,1-4H2,(H,13,16). The van der Waals surface area contributed by atoms with E-state index < -0.39 is 4.92 Å². The van der Waals surface area contributed by atoms with E-state index in [-0.39, 0.29) is 23.5 Å². The number of carbonyl (C=O) groups excluding carboxylic acids is 1. The molecule has 0 aromatic carbocycles. The number of aromatic nitrogens is 1. The SMILES string of the molecule is O=C(NC1CCC(Br)CC1)c1ccc([N+](=O)[O-])[nH]1. The van der Waals surface area contributed by atoms with E-state index in [9.17, 15) is 14.9 Å². The van der Waals surface area contributed by atoms with Crippen LogP contribution in [0.5, 0.6) is 0 Å². The van der Waals surface area contributed by atoms with Crippen molar-refractivity contribution in [2.75, 3.05) is 0 Å². The molecule has 1 aliphatic rings. The summed E-state index contributed by atoms with van der Waals surface area (Å²) < 4.78 is 0. The molecule has 0 atom stereocenters. The zero-order chi connectivity index (χ0) is 13.1. The molecular weight excluding hydrogens is 302 g/mol. The third-order valence-electron chi connectivity index (χ3n) is 3.10. The highest BCUT2D eigenvalue weighted by molar-refractivity contribution is 9.09. The molecule has 1 aromatic rings. The maximum absolute atomic E-state index is 11.9. The van der Waals surface area contributed by atoms with Gasteiger partial charge in [0.2, 0.25) is 0 Å². The van der Waals surface area contributed by atoms with Crippen molar-refractivity contribution in [3.05, 3.63) is 27.9 Å². The number of hydrogen-bond acceptors (Lipinski definition) is 3. The van der Waals surface area contributed by atoms with Crippen molar-refractivity contribution in [2.45, 2.75) is 36.6 Å². The van der Waals surface area contributed by atoms with Crippen LogP contribution in [0.2, 0.25) is 0 Å². The van der Waals surface area contributed by atoms with Crippen LogP contribution in [0.25, 0.3) is 0 Å². The van der Waals surface area contributed by atoms with Crippen LogP contribution in [0.4, 0.5) is 5.82 Å². The summed E-state index contributed by atoms with van der Waals surface area (Å²) in [5, 5.41) is 13.4. The lowest BCUT2D eigenvalue weighted by Gasteiger charge is -2.25. The van der Waals surface area contributed by atoms with Crippen molar-refractivity contribution >= 4 is 27.7 Å². The van der Waals surface area contributed by atoms with Crippen molar-refractivity contribution in [3.8, 4) is 0 Å². The van der Waals surface area contributed by atoms with Crippen LogP contribution in [0.15, 0.2) is 12.1 Å². The molecule has 0 radical (unpaired) electrons. The molecule has 1 aromatic heterocycles. The van der Waals surface area contributed by atoms with E-state index in [1.807, 2.05) is 0 Å². The van der Waals surface area contributed by atoms with Gasteiger partial charge in [-0.05, 0) is 36.7 Å². The lowest BCUT2D eigenvalue weighted by molar-refractivity contribution is -0.389. The van der Waals surface area contributed by atoms with Crippen LogP contribution in [0, 0.1) is 10.1 Å². The number of nitro groups is 1. The smallest absolute Gasteiger partial charge is 0.321 e. The van der Waals surface area contributed by atoms with Gasteiger partial charge in [-0.15, -0.1) is 0 Å². The highest BCUT2D eigenvalue weighted by Gasteiger charge is 2.23. The predicted octanol–water partition coefficient (Wildman–Crippen LogP) is 2.36. The minimum absolute atomic E-state index is 0.161. The second-order valence-electron chi connectivity index (χ2n) is 4.44. The summed E-state index contributed by atoms with van der Waals surface area (Å²) >= 11 is 3.55. The highest BCUT2D eigenvalue weighted by Crippen LogP contribution is 2.24. The van der Waals surface area contributed by atoms with Crippen molar-refractivity contribution in [1.29, 1.82) is 0 Å². The lowest BCUT2D eigenvalue weighted by Crippen LogP contribution is -2.37. The first-order chi connectivity index (χ1) is 8.56. The summed E-state index contributed by atoms with van der Waals surface area (Å²) in [5.41, 5.74) is 0.239. The van der Waals surface area contributed by atoms with E-state index in [1.54, 1.807) is 0 Å². The Kier molecular flexibility index (Phi) is 4.00. The first-order valence-corrected chi connectivity index (χ1v) is 6.76. The Morgan fingerprint density at radius 1 is 1.39 bits per heavy atom. The number of halogens is 1. The number of alkyl halides is 1. The van der Waals surface area contributed by atoms with Gasteiger partial charge in [0.05, 0.1) is 0 Å². The first kappa shape index (κ1) is 13.1. The fourth-order valence-electron chi connectivity index (χ4n) is 2.08. The molecule has 1 heterocycles. The molecular formula is C11H14BrN3O3. The van der Waals surface area contributed by atoms with E-state index in [1.165, 1.54) is 12.1 Å². The van der Waals surface area contributed by atoms with Gasteiger partial charge in [-0.25, -0.2) is 4.98 Å². The average Bonchev–Trinajstić information content (AvgIpc) is 2.81. The predicted molar refractivity (Wildman–Crippen MR) is 69.9 cm³/mol. The summed E-state index contributed by atoms with van der Waals surface area (Å²) in [6, 6.07) is 2.89. The minimum Gasteiger partial charge on any atom is -0.358 e. The van der Waals surface area contributed by atoms with Crippen LogP contribution < -0.4 is 5.32 Å². The summed E-state index contributed by atoms with van der Waals surface area (Å²) in [6.45, 7) is 0. The molecule has 6 nitrogen and oxygen atoms in total. The van der Waals surface area contributed by atoms with Crippen molar-refractivity contribution in [3.63, 3.8) is 0 Å². The van der Waals surface area contributed by atoms with Gasteiger partial charge in [-0.3, -0.25) is 4.79 Å². The van der Waals surface area contributed by atoms with Gasteiger partial charge in [-0.1, -0.05) is 15.9 Å². The summed E-state index contributed by atoms with van der Waals surface area (Å²) in [7, 11) is 0. The number of carbonyl (C=O) groups is 1. The maximum Gasteiger partial charge on any atom is 0.321 e. The number of nitrogens with zero attached hydrogens (tertiary/aromatic N) is 1. The molecule has 2 rings (SSSR count). The zero-order valence-electron chi connectivity index (χ0n) is 9.69. The van der Waals surface area contributed by atoms with Gasteiger partial charge in [-0.2, -0.15) is 0 Å². The zero-order valence-corrected chi connectivity index (χ0v) is 11.3. The van der Waals surface area contributed by atoms with Gasteiger partial charge in [0.25, 0.3) is 5.91 Å². The van der Waals surface area contributed by atoms with E-state index in [0.29, 0.717) is 4.83 Å². The Labute approximate surface area is 112 Å². The third-order valence-corrected chi connectivity index (χ3v) is 4.02. The molecule has 7 heteroatoms. The number of hydrogen-bond donors (Lipinski definition) is 2. The quantitative estimate of drug-likeness (QED) is 0.510. The molecule has 1 fully saturated rings. The van der Waals surface area contributed by atoms with Crippen LogP contribution in [0.3, 0.4) is 0 Å². The van der Waals surface area contributed by atoms with Crippen molar-refractivity contribution in [2.24, 2.45) is 0 Å². The van der Waals surface area contributed by atoms with Gasteiger partial charge in [0.15, 0.2) is 5.69 Å². The molecule has 0 bridgehead atoms. The molecule has 0 spiro atoms. The topological polar surface area (TPSA) is 88.0 Å². The molecule has 98 valence electrons. The van der Waals surface area contributed by atoms with Gasteiger partial charge < -0.3 is 15.4 Å². The van der Waals surface area contributed by atoms with Crippen LogP contribution >= 0.6 is 15.9 Å². The van der Waals surface area contributed by atoms with E-state index in [2.05, 4.69) is 26.2 Å². The Morgan fingerprint density at radius 2 is 2.06 bits per heavy atom. The van der Waals surface area contributed by atoms with Crippen LogP contribution in [0.1, 0.15) is 36.2 Å². The first-order valence-electron chi connectivity index (χ1n) is 5.84. The normalized spacial score (nSPS) is 23.6. The van der Waals surface area contributed by atoms with Gasteiger partial charge >= 0.3 is 5.82 Å². The fourth-order valence-corrected chi connectivity index (χ4v) is 2.61. The van der Waals surface area contributed by atoms with Crippen LogP contribution in [-0.2, 0) is 0 Å². The molecule has 0 unspecified atom stereocenters. The Hall–Kier alpha value is -1.37. The Balaban J connectivity index is 1.93. The number of H-pyrrole nitrogens is 1. The van der Waals surface area contributed by atoms with E-state index >= 15 is 0 Å². The molecule has 1 amide bonds. The largest absolute Gasteiger partial charge is 0.358 e. The summed E-state index contributed by atoms with van der Waals surface area (Å²) in [4.78, 5) is 24.8. The second kappa shape index (κ2) is 5.51. The van der Waals surface area contributed by atoms with Crippen molar-refractivity contribution in [1.82, 2.24) is 10.3 Å². The fraction of sp³-hybridized carbons (Fsp3) is 0.545. The van der Waals surface area contributed by atoms with Gasteiger partial charge in [0, 0.05) is 16.9 Å². The molecule has 0 saturated heterocycles. The number of aromatic amines is 1. The van der Waals surface area contributed by atoms with Crippen LogP contribution in [-0.4, -0.2) is 26.7 Å². The van der Waals surface area contributed by atoms with E-state index in [4.69, 9.17) is 0 Å². The minimum atomic E-state index is -0.549. The average molecular weight is 316 g/mol. The molecule has 0 aliphatic heterocycles. The Bertz CT molecular complexity index is 452. The van der Waals surface area contributed by atoms with Gasteiger partial charge in [0.1, 0.15) is 0 Å². The highest BCUT2D eigenvalue weighted by atomic mass is 79.9. The number of nitrogens with one attached hydrogen (secondary N) is 2. The lowest BCUT2D eigenvalue weighted by atomic mass is 9.95. The maximum atomic E-state index is 11.9. The number of amides is 1. The second-order valence-corrected chi connectivity index (χ2v) is 5.73. The molecule has 1 saturated carbocycles. The van der Waals surface area contributed by atoms with E-state index in [0.717, 1.165) is 25.7 Å². The Morgan fingerprint density at radius 3 is 2.61 bits per heavy atom. The molecule has 1 aliphatic carbocycles.